The van der Waals surface area contributed by atoms with Crippen LogP contribution in [0, 0.1) is 0 Å². The van der Waals surface area contributed by atoms with Crippen molar-refractivity contribution in [3.63, 3.8) is 0 Å². The Morgan fingerprint density at radius 1 is 1.38 bits per heavy atom. The van der Waals surface area contributed by atoms with Gasteiger partial charge in [0.05, 0.1) is 19.1 Å². The van der Waals surface area contributed by atoms with Crippen molar-refractivity contribution in [3.05, 3.63) is 48.3 Å². The Bertz CT molecular complexity index is 619. The first-order valence-corrected chi connectivity index (χ1v) is 7.12. The summed E-state index contributed by atoms with van der Waals surface area (Å²) < 4.78 is 5.10. The van der Waals surface area contributed by atoms with E-state index < -0.39 is 0 Å². The summed E-state index contributed by atoms with van der Waals surface area (Å²) in [5.74, 6) is 0.730. The largest absolute Gasteiger partial charge is 0.497 e. The van der Waals surface area contributed by atoms with Crippen LogP contribution in [0.4, 0.5) is 0 Å². The molecule has 0 radical (unpaired) electrons. The molecule has 1 heterocycles. The average Bonchev–Trinajstić information content (AvgIpc) is 2.54. The van der Waals surface area contributed by atoms with Crippen molar-refractivity contribution in [2.24, 2.45) is 5.10 Å². The number of hydrazone groups is 1. The molecule has 0 saturated carbocycles. The standard InChI is InChI=1S/C14H14N4O2S/c1-20-12-5-2-4-11(8-12)9-17-18-13(19)10-21-14-15-6-3-7-16-14/h2-9H,10H2,1H3,(H,18,19)/b17-9-. The first-order chi connectivity index (χ1) is 10.3. The van der Waals surface area contributed by atoms with Crippen molar-refractivity contribution in [3.8, 4) is 5.75 Å². The molecule has 1 aromatic carbocycles. The molecule has 1 aromatic heterocycles. The molecule has 2 rings (SSSR count). The van der Waals surface area contributed by atoms with Crippen LogP contribution in [0.3, 0.4) is 0 Å². The quantitative estimate of drug-likeness (QED) is 0.380. The van der Waals surface area contributed by atoms with Crippen LogP contribution >= 0.6 is 11.8 Å². The number of carbonyl (C=O) groups is 1. The molecule has 0 aliphatic heterocycles. The van der Waals surface area contributed by atoms with Crippen molar-refractivity contribution in [2.45, 2.75) is 5.16 Å². The number of rotatable bonds is 6. The van der Waals surface area contributed by atoms with Gasteiger partial charge in [0.1, 0.15) is 5.75 Å². The normalized spacial score (nSPS) is 10.5. The lowest BCUT2D eigenvalue weighted by Gasteiger charge is -2.00. The Balaban J connectivity index is 1.79. The third-order valence-electron chi connectivity index (χ3n) is 2.37. The number of nitrogens with one attached hydrogen (secondary N) is 1. The maximum absolute atomic E-state index is 11.6. The van der Waals surface area contributed by atoms with Gasteiger partial charge in [0.15, 0.2) is 5.16 Å². The summed E-state index contributed by atoms with van der Waals surface area (Å²) in [6, 6.07) is 9.10. The third-order valence-corrected chi connectivity index (χ3v) is 3.25. The lowest BCUT2D eigenvalue weighted by Crippen LogP contribution is -2.19. The van der Waals surface area contributed by atoms with Gasteiger partial charge in [-0.1, -0.05) is 23.9 Å². The number of thioether (sulfide) groups is 1. The fraction of sp³-hybridized carbons (Fsp3) is 0.143. The van der Waals surface area contributed by atoms with E-state index in [-0.39, 0.29) is 11.7 Å². The van der Waals surface area contributed by atoms with Crippen LogP contribution in [-0.4, -0.2) is 35.0 Å². The summed E-state index contributed by atoms with van der Waals surface area (Å²) in [6.45, 7) is 0. The van der Waals surface area contributed by atoms with E-state index in [1.54, 1.807) is 31.8 Å². The second-order valence-corrected chi connectivity index (χ2v) is 4.83. The molecule has 0 saturated heterocycles. The molecule has 0 fully saturated rings. The first kappa shape index (κ1) is 15.0. The Kier molecular flexibility index (Phi) is 5.71. The number of amides is 1. The van der Waals surface area contributed by atoms with E-state index in [1.165, 1.54) is 11.8 Å². The van der Waals surface area contributed by atoms with Gasteiger partial charge in [-0.2, -0.15) is 5.10 Å². The van der Waals surface area contributed by atoms with Gasteiger partial charge < -0.3 is 4.74 Å². The number of ether oxygens (including phenoxy) is 1. The van der Waals surface area contributed by atoms with Crippen LogP contribution in [0.5, 0.6) is 5.75 Å². The number of aromatic nitrogens is 2. The molecule has 6 nitrogen and oxygen atoms in total. The molecule has 0 aliphatic carbocycles. The topological polar surface area (TPSA) is 76.5 Å². The van der Waals surface area contributed by atoms with Crippen LogP contribution in [0.15, 0.2) is 53.0 Å². The van der Waals surface area contributed by atoms with Crippen LogP contribution in [0.2, 0.25) is 0 Å². The number of hydrogen-bond donors (Lipinski definition) is 1. The molecule has 0 aliphatic rings. The van der Waals surface area contributed by atoms with Crippen LogP contribution in [-0.2, 0) is 4.79 Å². The second-order valence-electron chi connectivity index (χ2n) is 3.89. The predicted octanol–water partition coefficient (Wildman–Crippen LogP) is 1.73. The zero-order chi connectivity index (χ0) is 14.9. The van der Waals surface area contributed by atoms with E-state index in [1.807, 2.05) is 24.3 Å². The molecule has 1 amide bonds. The Hall–Kier alpha value is -2.41. The average molecular weight is 302 g/mol. The van der Waals surface area contributed by atoms with E-state index in [9.17, 15) is 4.79 Å². The monoisotopic (exact) mass is 302 g/mol. The molecule has 0 atom stereocenters. The predicted molar refractivity (Wildman–Crippen MR) is 81.5 cm³/mol. The molecule has 108 valence electrons. The summed E-state index contributed by atoms with van der Waals surface area (Å²) in [6.07, 6.45) is 4.83. The lowest BCUT2D eigenvalue weighted by atomic mass is 10.2. The number of hydrogen-bond acceptors (Lipinski definition) is 6. The highest BCUT2D eigenvalue weighted by molar-refractivity contribution is 7.99. The van der Waals surface area contributed by atoms with E-state index in [0.29, 0.717) is 5.16 Å². The van der Waals surface area contributed by atoms with Gasteiger partial charge in [-0.25, -0.2) is 15.4 Å². The summed E-state index contributed by atoms with van der Waals surface area (Å²) in [4.78, 5) is 19.6. The maximum atomic E-state index is 11.6. The van der Waals surface area contributed by atoms with Crippen molar-refractivity contribution in [1.29, 1.82) is 0 Å². The highest BCUT2D eigenvalue weighted by Gasteiger charge is 2.02. The summed E-state index contributed by atoms with van der Waals surface area (Å²) in [5.41, 5.74) is 3.29. The molecule has 0 bridgehead atoms. The van der Waals surface area contributed by atoms with E-state index in [2.05, 4.69) is 20.5 Å². The smallest absolute Gasteiger partial charge is 0.250 e. The van der Waals surface area contributed by atoms with Crippen LogP contribution in [0.25, 0.3) is 0 Å². The van der Waals surface area contributed by atoms with E-state index in [4.69, 9.17) is 4.74 Å². The summed E-state index contributed by atoms with van der Waals surface area (Å²) >= 11 is 1.25. The minimum Gasteiger partial charge on any atom is -0.497 e. The molecule has 21 heavy (non-hydrogen) atoms. The Morgan fingerprint density at radius 3 is 2.95 bits per heavy atom. The molecule has 1 N–H and O–H groups in total. The zero-order valence-electron chi connectivity index (χ0n) is 11.4. The molecule has 0 unspecified atom stereocenters. The molecule has 2 aromatic rings. The van der Waals surface area contributed by atoms with Gasteiger partial charge in [-0.3, -0.25) is 4.79 Å². The van der Waals surface area contributed by atoms with Crippen LogP contribution in [0.1, 0.15) is 5.56 Å². The van der Waals surface area contributed by atoms with E-state index in [0.717, 1.165) is 11.3 Å². The van der Waals surface area contributed by atoms with Crippen molar-refractivity contribution in [1.82, 2.24) is 15.4 Å². The minimum atomic E-state index is -0.216. The van der Waals surface area contributed by atoms with Crippen molar-refractivity contribution >= 4 is 23.9 Å². The number of carbonyl (C=O) groups excluding carboxylic acids is 1. The van der Waals surface area contributed by atoms with Gasteiger partial charge in [-0.15, -0.1) is 0 Å². The molecular weight excluding hydrogens is 288 g/mol. The second kappa shape index (κ2) is 8.01. The summed E-state index contributed by atoms with van der Waals surface area (Å²) in [5, 5.41) is 4.45. The zero-order valence-corrected chi connectivity index (χ0v) is 12.2. The van der Waals surface area contributed by atoms with Gasteiger partial charge in [-0.05, 0) is 23.8 Å². The first-order valence-electron chi connectivity index (χ1n) is 6.13. The van der Waals surface area contributed by atoms with Gasteiger partial charge in [0, 0.05) is 12.4 Å². The SMILES string of the molecule is COc1cccc(/C=N\NC(=O)CSc2ncccn2)c1. The molecule has 0 spiro atoms. The third kappa shape index (κ3) is 5.23. The van der Waals surface area contributed by atoms with Gasteiger partial charge in [0.2, 0.25) is 0 Å². The lowest BCUT2D eigenvalue weighted by molar-refractivity contribution is -0.118. The minimum absolute atomic E-state index is 0.208. The van der Waals surface area contributed by atoms with Gasteiger partial charge >= 0.3 is 0 Å². The highest BCUT2D eigenvalue weighted by atomic mass is 32.2. The number of nitrogens with zero attached hydrogens (tertiary/aromatic N) is 3. The Labute approximate surface area is 126 Å². The Morgan fingerprint density at radius 2 is 2.19 bits per heavy atom. The van der Waals surface area contributed by atoms with Crippen LogP contribution < -0.4 is 10.2 Å². The summed E-state index contributed by atoms with van der Waals surface area (Å²) in [7, 11) is 1.60. The highest BCUT2D eigenvalue weighted by Crippen LogP contribution is 2.11. The molecular formula is C14H14N4O2S. The number of benzene rings is 1. The number of methoxy groups -OCH3 is 1. The fourth-order valence-corrected chi connectivity index (χ4v) is 2.02. The maximum Gasteiger partial charge on any atom is 0.250 e. The molecule has 7 heteroatoms. The van der Waals surface area contributed by atoms with Crippen molar-refractivity contribution < 1.29 is 9.53 Å². The fourth-order valence-electron chi connectivity index (χ4n) is 1.42. The van der Waals surface area contributed by atoms with Crippen molar-refractivity contribution in [2.75, 3.05) is 12.9 Å². The van der Waals surface area contributed by atoms with Gasteiger partial charge in [0.25, 0.3) is 5.91 Å². The van der Waals surface area contributed by atoms with E-state index >= 15 is 0 Å².